The van der Waals surface area contributed by atoms with Crippen molar-refractivity contribution in [2.24, 2.45) is 0 Å². The van der Waals surface area contributed by atoms with Crippen LogP contribution < -0.4 is 0 Å². The highest BCUT2D eigenvalue weighted by Crippen LogP contribution is 2.36. The summed E-state index contributed by atoms with van der Waals surface area (Å²) in [7, 11) is 0. The molecule has 1 aliphatic heterocycles. The van der Waals surface area contributed by atoms with Crippen LogP contribution >= 0.6 is 22.7 Å². The Morgan fingerprint density at radius 3 is 2.76 bits per heavy atom. The molecule has 0 radical (unpaired) electrons. The Balaban J connectivity index is 1.60. The molecule has 0 aromatic carbocycles. The molecule has 0 atom stereocenters. The number of carbonyl (C=O) groups excluding carboxylic acids is 1. The van der Waals surface area contributed by atoms with Crippen molar-refractivity contribution in [2.45, 2.75) is 26.2 Å². The molecule has 4 rings (SSSR count). The molecule has 1 aliphatic rings. The van der Waals surface area contributed by atoms with Crippen molar-refractivity contribution < 1.29 is 4.79 Å². The summed E-state index contributed by atoms with van der Waals surface area (Å²) in [6.45, 7) is 3.67. The van der Waals surface area contributed by atoms with Crippen LogP contribution in [0.4, 0.5) is 0 Å². The lowest BCUT2D eigenvalue weighted by Crippen LogP contribution is -2.35. The predicted molar refractivity (Wildman–Crippen MR) is 101 cm³/mol. The number of amides is 1. The number of rotatable bonds is 3. The fourth-order valence-electron chi connectivity index (χ4n) is 2.94. The van der Waals surface area contributed by atoms with E-state index in [2.05, 4.69) is 15.0 Å². The smallest absolute Gasteiger partial charge is 0.273 e. The highest BCUT2D eigenvalue weighted by Gasteiger charge is 2.22. The van der Waals surface area contributed by atoms with Gasteiger partial charge in [0.2, 0.25) is 0 Å². The maximum absolute atomic E-state index is 12.6. The van der Waals surface area contributed by atoms with Crippen LogP contribution in [0, 0.1) is 6.92 Å². The monoisotopic (exact) mass is 370 g/mol. The second-order valence-corrected chi connectivity index (χ2v) is 7.92. The molecule has 5 nitrogen and oxygen atoms in total. The minimum atomic E-state index is 0.0526. The summed E-state index contributed by atoms with van der Waals surface area (Å²) in [5.41, 5.74) is 2.50. The summed E-state index contributed by atoms with van der Waals surface area (Å²) in [4.78, 5) is 29.0. The van der Waals surface area contributed by atoms with Crippen molar-refractivity contribution in [3.8, 4) is 20.5 Å². The van der Waals surface area contributed by atoms with E-state index in [1.165, 1.54) is 17.8 Å². The quantitative estimate of drug-likeness (QED) is 0.691. The number of hydrogen-bond acceptors (Lipinski definition) is 6. The molecule has 7 heteroatoms. The largest absolute Gasteiger partial charge is 0.337 e. The number of piperidine rings is 1. The Hall–Kier alpha value is -2.12. The number of nitrogens with zero attached hydrogens (tertiary/aromatic N) is 4. The fourth-order valence-corrected chi connectivity index (χ4v) is 4.94. The van der Waals surface area contributed by atoms with Gasteiger partial charge in [0.05, 0.1) is 10.6 Å². The van der Waals surface area contributed by atoms with Gasteiger partial charge >= 0.3 is 0 Å². The van der Waals surface area contributed by atoms with Gasteiger partial charge in [-0.15, -0.1) is 22.7 Å². The van der Waals surface area contributed by atoms with Gasteiger partial charge in [-0.1, -0.05) is 0 Å². The lowest BCUT2D eigenvalue weighted by molar-refractivity contribution is 0.0719. The zero-order valence-electron chi connectivity index (χ0n) is 13.9. The Morgan fingerprint density at radius 1 is 1.16 bits per heavy atom. The van der Waals surface area contributed by atoms with Crippen LogP contribution in [0.25, 0.3) is 20.5 Å². The van der Waals surface area contributed by atoms with Gasteiger partial charge in [-0.2, -0.15) is 0 Å². The number of hydrogen-bond donors (Lipinski definition) is 0. The molecule has 4 heterocycles. The van der Waals surface area contributed by atoms with Gasteiger partial charge < -0.3 is 4.90 Å². The number of likely N-dealkylation sites (tertiary alicyclic amines) is 1. The Kier molecular flexibility index (Phi) is 4.59. The molecular formula is C18H18N4OS2. The first kappa shape index (κ1) is 16.4. The van der Waals surface area contributed by atoms with E-state index in [0.29, 0.717) is 5.69 Å². The van der Waals surface area contributed by atoms with Crippen LogP contribution in [-0.4, -0.2) is 38.8 Å². The zero-order valence-corrected chi connectivity index (χ0v) is 15.6. The third-order valence-electron chi connectivity index (χ3n) is 4.27. The minimum absolute atomic E-state index is 0.0526. The van der Waals surface area contributed by atoms with E-state index in [-0.39, 0.29) is 5.91 Å². The number of thiazole rings is 2. The molecule has 1 saturated heterocycles. The first-order valence-electron chi connectivity index (χ1n) is 8.35. The normalized spacial score (nSPS) is 14.7. The summed E-state index contributed by atoms with van der Waals surface area (Å²) < 4.78 is 0. The summed E-state index contributed by atoms with van der Waals surface area (Å²) in [6.07, 6.45) is 6.96. The number of aryl methyl sites for hydroxylation is 1. The fraction of sp³-hybridized carbons (Fsp3) is 0.333. The van der Waals surface area contributed by atoms with Crippen LogP contribution in [0.2, 0.25) is 0 Å². The van der Waals surface area contributed by atoms with Gasteiger partial charge in [0.15, 0.2) is 0 Å². The highest BCUT2D eigenvalue weighted by atomic mass is 32.1. The molecule has 1 fully saturated rings. The molecule has 3 aromatic heterocycles. The molecule has 1 amide bonds. The second-order valence-electron chi connectivity index (χ2n) is 6.07. The van der Waals surface area contributed by atoms with E-state index in [9.17, 15) is 4.79 Å². The molecular weight excluding hydrogens is 352 g/mol. The maximum atomic E-state index is 12.6. The molecule has 0 saturated carbocycles. The van der Waals surface area contributed by atoms with Crippen molar-refractivity contribution >= 4 is 28.6 Å². The third-order valence-corrected chi connectivity index (χ3v) is 6.47. The topological polar surface area (TPSA) is 59.0 Å². The number of carbonyl (C=O) groups is 1. The first-order chi connectivity index (χ1) is 12.2. The van der Waals surface area contributed by atoms with Crippen molar-refractivity contribution in [2.75, 3.05) is 13.1 Å². The third kappa shape index (κ3) is 3.34. The van der Waals surface area contributed by atoms with Crippen LogP contribution in [-0.2, 0) is 0 Å². The molecule has 0 bridgehead atoms. The average Bonchev–Trinajstić information content (AvgIpc) is 3.29. The van der Waals surface area contributed by atoms with Gasteiger partial charge in [0.1, 0.15) is 15.7 Å². The Bertz CT molecular complexity index is 882. The van der Waals surface area contributed by atoms with Gasteiger partial charge in [-0.3, -0.25) is 9.78 Å². The summed E-state index contributed by atoms with van der Waals surface area (Å²) >= 11 is 3.11. The second kappa shape index (κ2) is 7.01. The summed E-state index contributed by atoms with van der Waals surface area (Å²) in [6, 6.07) is 3.91. The minimum Gasteiger partial charge on any atom is -0.337 e. The van der Waals surface area contributed by atoms with Crippen molar-refractivity contribution in [3.05, 3.63) is 41.3 Å². The van der Waals surface area contributed by atoms with E-state index in [1.807, 2.05) is 35.5 Å². The van der Waals surface area contributed by atoms with Crippen molar-refractivity contribution in [1.82, 2.24) is 19.9 Å². The van der Waals surface area contributed by atoms with Crippen LogP contribution in [0.5, 0.6) is 0 Å². The van der Waals surface area contributed by atoms with Gasteiger partial charge in [0.25, 0.3) is 5.91 Å². The molecule has 128 valence electrons. The van der Waals surface area contributed by atoms with Crippen molar-refractivity contribution in [3.63, 3.8) is 0 Å². The molecule has 0 N–H and O–H groups in total. The highest BCUT2D eigenvalue weighted by molar-refractivity contribution is 7.23. The molecule has 25 heavy (non-hydrogen) atoms. The zero-order chi connectivity index (χ0) is 17.2. The van der Waals surface area contributed by atoms with Crippen molar-refractivity contribution in [1.29, 1.82) is 0 Å². The molecule has 0 aliphatic carbocycles. The molecule has 0 unspecified atom stereocenters. The SMILES string of the molecule is Cc1nc(-c2cccnc2)sc1-c1nc(C(=O)N2CCCCC2)cs1. The van der Waals surface area contributed by atoms with Gasteiger partial charge in [-0.25, -0.2) is 9.97 Å². The number of pyridine rings is 1. The lowest BCUT2D eigenvalue weighted by atomic mass is 10.1. The molecule has 0 spiro atoms. The predicted octanol–water partition coefficient (Wildman–Crippen LogP) is 4.26. The van der Waals surface area contributed by atoms with Gasteiger partial charge in [-0.05, 0) is 38.3 Å². The van der Waals surface area contributed by atoms with E-state index in [0.717, 1.165) is 52.1 Å². The molecule has 3 aromatic rings. The van der Waals surface area contributed by atoms with Crippen LogP contribution in [0.1, 0.15) is 35.4 Å². The van der Waals surface area contributed by atoms with Crippen LogP contribution in [0.15, 0.2) is 29.9 Å². The average molecular weight is 371 g/mol. The van der Waals surface area contributed by atoms with E-state index < -0.39 is 0 Å². The summed E-state index contributed by atoms with van der Waals surface area (Å²) in [5.74, 6) is 0.0526. The standard InChI is InChI=1S/C18H18N4OS2/c1-12-15(25-16(20-12)13-6-5-7-19-10-13)17-21-14(11-24-17)18(23)22-8-3-2-4-9-22/h5-7,10-11H,2-4,8-9H2,1H3. The van der Waals surface area contributed by atoms with E-state index in [1.54, 1.807) is 17.5 Å². The van der Waals surface area contributed by atoms with Crippen LogP contribution in [0.3, 0.4) is 0 Å². The summed E-state index contributed by atoms with van der Waals surface area (Å²) in [5, 5.41) is 3.67. The Morgan fingerprint density at radius 2 is 2.00 bits per heavy atom. The maximum Gasteiger partial charge on any atom is 0.273 e. The van der Waals surface area contributed by atoms with E-state index >= 15 is 0 Å². The first-order valence-corrected chi connectivity index (χ1v) is 10.0. The Labute approximate surface area is 154 Å². The van der Waals surface area contributed by atoms with E-state index in [4.69, 9.17) is 0 Å². The lowest BCUT2D eigenvalue weighted by Gasteiger charge is -2.25. The van der Waals surface area contributed by atoms with Gasteiger partial charge in [0, 0.05) is 36.4 Å². The number of aromatic nitrogens is 3.